The molecule has 1 aromatic carbocycles. The monoisotopic (exact) mass is 304 g/mol. The molecule has 124 valence electrons. The number of hydrogen-bond donors (Lipinski definition) is 0. The number of rotatable bonds is 6. The number of hydrogen-bond acceptors (Lipinski definition) is 3. The minimum Gasteiger partial charge on any atom is -0.494 e. The van der Waals surface area contributed by atoms with Crippen LogP contribution >= 0.6 is 0 Å². The van der Waals surface area contributed by atoms with E-state index in [1.54, 1.807) is 0 Å². The minimum absolute atomic E-state index is 0.176. The molecule has 1 saturated carbocycles. The molecule has 1 aliphatic rings. The highest BCUT2D eigenvalue weighted by Gasteiger charge is 2.39. The van der Waals surface area contributed by atoms with Crippen molar-refractivity contribution in [2.45, 2.75) is 51.1 Å². The molecule has 0 heterocycles. The summed E-state index contributed by atoms with van der Waals surface area (Å²) in [5.74, 6) is 0.972. The van der Waals surface area contributed by atoms with E-state index in [1.165, 1.54) is 31.2 Å². The highest BCUT2D eigenvalue weighted by atomic mass is 16.5. The highest BCUT2D eigenvalue weighted by molar-refractivity contribution is 5.32. The molecule has 0 unspecified atom stereocenters. The van der Waals surface area contributed by atoms with Gasteiger partial charge in [-0.25, -0.2) is 0 Å². The van der Waals surface area contributed by atoms with E-state index < -0.39 is 0 Å². The van der Waals surface area contributed by atoms with E-state index >= 15 is 0 Å². The van der Waals surface area contributed by atoms with Crippen LogP contribution in [0.4, 0.5) is 0 Å². The molecule has 0 spiro atoms. The average Bonchev–Trinajstić information content (AvgIpc) is 2.55. The standard InChI is InChI=1S/C19H32N2O/c1-6-21(5)17-12-14-19(15-13-17,20(3)4)16-8-10-18(11-9-16)22-7-2/h8-11,17H,6-7,12-15H2,1-5H3. The van der Waals surface area contributed by atoms with Crippen LogP contribution in [0.5, 0.6) is 5.75 Å². The molecule has 1 fully saturated rings. The van der Waals surface area contributed by atoms with Crippen LogP contribution in [0.3, 0.4) is 0 Å². The molecule has 0 aromatic heterocycles. The van der Waals surface area contributed by atoms with Crippen molar-refractivity contribution < 1.29 is 4.74 Å². The highest BCUT2D eigenvalue weighted by Crippen LogP contribution is 2.42. The van der Waals surface area contributed by atoms with Gasteiger partial charge in [0.05, 0.1) is 6.61 Å². The second kappa shape index (κ2) is 7.47. The molecule has 1 aliphatic carbocycles. The zero-order valence-corrected chi connectivity index (χ0v) is 14.9. The molecule has 22 heavy (non-hydrogen) atoms. The van der Waals surface area contributed by atoms with Crippen LogP contribution in [-0.4, -0.2) is 50.1 Å². The van der Waals surface area contributed by atoms with Crippen LogP contribution < -0.4 is 4.74 Å². The van der Waals surface area contributed by atoms with Crippen molar-refractivity contribution in [2.24, 2.45) is 0 Å². The van der Waals surface area contributed by atoms with Gasteiger partial charge in [0, 0.05) is 11.6 Å². The van der Waals surface area contributed by atoms with Crippen LogP contribution in [0.2, 0.25) is 0 Å². The Morgan fingerprint density at radius 1 is 1.05 bits per heavy atom. The minimum atomic E-state index is 0.176. The summed E-state index contributed by atoms with van der Waals surface area (Å²) in [6.45, 7) is 6.15. The lowest BCUT2D eigenvalue weighted by Crippen LogP contribution is -2.48. The zero-order chi connectivity index (χ0) is 16.2. The Morgan fingerprint density at radius 2 is 1.64 bits per heavy atom. The van der Waals surface area contributed by atoms with Crippen LogP contribution in [0, 0.1) is 0 Å². The van der Waals surface area contributed by atoms with E-state index in [0.717, 1.165) is 24.9 Å². The normalized spacial score (nSPS) is 25.7. The fourth-order valence-corrected chi connectivity index (χ4v) is 3.80. The van der Waals surface area contributed by atoms with Gasteiger partial charge >= 0.3 is 0 Å². The lowest BCUT2D eigenvalue weighted by Gasteiger charge is -2.47. The molecule has 0 bridgehead atoms. The quantitative estimate of drug-likeness (QED) is 0.796. The molecular formula is C19H32N2O. The second-order valence-corrected chi connectivity index (χ2v) is 6.69. The van der Waals surface area contributed by atoms with E-state index in [4.69, 9.17) is 4.74 Å². The van der Waals surface area contributed by atoms with E-state index in [2.05, 4.69) is 62.1 Å². The van der Waals surface area contributed by atoms with Crippen molar-refractivity contribution in [2.75, 3.05) is 34.3 Å². The van der Waals surface area contributed by atoms with Gasteiger partial charge < -0.3 is 9.64 Å². The Morgan fingerprint density at radius 3 is 2.09 bits per heavy atom. The SMILES string of the molecule is CCOc1ccc(C2(N(C)C)CCC(N(C)CC)CC2)cc1. The van der Waals surface area contributed by atoms with Gasteiger partial charge in [0.1, 0.15) is 5.75 Å². The first-order valence-electron chi connectivity index (χ1n) is 8.64. The van der Waals surface area contributed by atoms with Gasteiger partial charge in [0.25, 0.3) is 0 Å². The second-order valence-electron chi connectivity index (χ2n) is 6.69. The maximum Gasteiger partial charge on any atom is 0.119 e. The van der Waals surface area contributed by atoms with Gasteiger partial charge in [-0.3, -0.25) is 4.90 Å². The Bertz CT molecular complexity index is 447. The third-order valence-corrected chi connectivity index (χ3v) is 5.46. The summed E-state index contributed by atoms with van der Waals surface area (Å²) in [6, 6.07) is 9.49. The summed E-state index contributed by atoms with van der Waals surface area (Å²) in [4.78, 5) is 4.92. The zero-order valence-electron chi connectivity index (χ0n) is 14.9. The van der Waals surface area contributed by atoms with Crippen molar-refractivity contribution in [1.29, 1.82) is 0 Å². The molecule has 0 aliphatic heterocycles. The van der Waals surface area contributed by atoms with Crippen molar-refractivity contribution in [3.8, 4) is 5.75 Å². The van der Waals surface area contributed by atoms with Crippen LogP contribution in [-0.2, 0) is 5.54 Å². The average molecular weight is 304 g/mol. The lowest BCUT2D eigenvalue weighted by molar-refractivity contribution is 0.0588. The first kappa shape index (κ1) is 17.3. The van der Waals surface area contributed by atoms with E-state index in [0.29, 0.717) is 0 Å². The fraction of sp³-hybridized carbons (Fsp3) is 0.684. The molecule has 3 nitrogen and oxygen atoms in total. The van der Waals surface area contributed by atoms with Gasteiger partial charge in [0.2, 0.25) is 0 Å². The van der Waals surface area contributed by atoms with Crippen molar-refractivity contribution in [3.63, 3.8) is 0 Å². The van der Waals surface area contributed by atoms with Crippen molar-refractivity contribution in [1.82, 2.24) is 9.80 Å². The Balaban J connectivity index is 2.16. The van der Waals surface area contributed by atoms with Crippen LogP contribution in [0.25, 0.3) is 0 Å². The predicted molar refractivity (Wildman–Crippen MR) is 93.5 cm³/mol. The lowest BCUT2D eigenvalue weighted by atomic mass is 9.73. The summed E-state index contributed by atoms with van der Waals surface area (Å²) in [6.07, 6.45) is 5.00. The molecule has 0 saturated heterocycles. The summed E-state index contributed by atoms with van der Waals surface area (Å²) in [7, 11) is 6.70. The van der Waals surface area contributed by atoms with Crippen LogP contribution in [0.15, 0.2) is 24.3 Å². The molecule has 0 amide bonds. The molecular weight excluding hydrogens is 272 g/mol. The van der Waals surface area contributed by atoms with Crippen molar-refractivity contribution in [3.05, 3.63) is 29.8 Å². The maximum atomic E-state index is 5.58. The van der Waals surface area contributed by atoms with Crippen molar-refractivity contribution >= 4 is 0 Å². The first-order valence-corrected chi connectivity index (χ1v) is 8.64. The Kier molecular flexibility index (Phi) is 5.87. The Labute approximate surface area is 136 Å². The summed E-state index contributed by atoms with van der Waals surface area (Å²) >= 11 is 0. The predicted octanol–water partition coefficient (Wildman–Crippen LogP) is 3.74. The van der Waals surface area contributed by atoms with E-state index in [9.17, 15) is 0 Å². The number of benzene rings is 1. The molecule has 2 rings (SSSR count). The molecule has 0 atom stereocenters. The first-order chi connectivity index (χ1) is 10.5. The van der Waals surface area contributed by atoms with E-state index in [-0.39, 0.29) is 5.54 Å². The van der Waals surface area contributed by atoms with Gasteiger partial charge in [-0.1, -0.05) is 19.1 Å². The fourth-order valence-electron chi connectivity index (χ4n) is 3.80. The summed E-state index contributed by atoms with van der Waals surface area (Å²) in [5.41, 5.74) is 1.61. The van der Waals surface area contributed by atoms with Gasteiger partial charge in [-0.15, -0.1) is 0 Å². The smallest absolute Gasteiger partial charge is 0.119 e. The topological polar surface area (TPSA) is 15.7 Å². The maximum absolute atomic E-state index is 5.58. The van der Waals surface area contributed by atoms with Gasteiger partial charge in [0.15, 0.2) is 0 Å². The van der Waals surface area contributed by atoms with Gasteiger partial charge in [-0.05, 0) is 78.0 Å². The van der Waals surface area contributed by atoms with E-state index in [1.807, 2.05) is 6.92 Å². The van der Waals surface area contributed by atoms with Gasteiger partial charge in [-0.2, -0.15) is 0 Å². The largest absolute Gasteiger partial charge is 0.494 e. The Hall–Kier alpha value is -1.06. The molecule has 0 radical (unpaired) electrons. The number of ether oxygens (including phenoxy) is 1. The summed E-state index contributed by atoms with van der Waals surface area (Å²) in [5, 5.41) is 0. The summed E-state index contributed by atoms with van der Waals surface area (Å²) < 4.78 is 5.58. The third-order valence-electron chi connectivity index (χ3n) is 5.46. The van der Waals surface area contributed by atoms with Crippen LogP contribution in [0.1, 0.15) is 45.1 Å². The molecule has 3 heteroatoms. The molecule has 0 N–H and O–H groups in total. The number of nitrogens with zero attached hydrogens (tertiary/aromatic N) is 2. The third kappa shape index (κ3) is 3.47. The molecule has 1 aromatic rings.